The zero-order chi connectivity index (χ0) is 21.3. The average molecular weight is 416 g/mol. The molecule has 166 valence electrons. The molecule has 1 saturated carbocycles. The number of hydrogen-bond acceptors (Lipinski definition) is 6. The van der Waals surface area contributed by atoms with E-state index in [9.17, 15) is 4.79 Å². The van der Waals surface area contributed by atoms with Gasteiger partial charge in [0.05, 0.1) is 18.1 Å². The van der Waals surface area contributed by atoms with Crippen LogP contribution in [0.1, 0.15) is 40.0 Å². The van der Waals surface area contributed by atoms with E-state index >= 15 is 0 Å². The van der Waals surface area contributed by atoms with Gasteiger partial charge in [0.25, 0.3) is 0 Å². The van der Waals surface area contributed by atoms with Crippen LogP contribution in [0.3, 0.4) is 0 Å². The zero-order valence-electron chi connectivity index (χ0n) is 18.9. The number of methoxy groups -OCH3 is 1. The second kappa shape index (κ2) is 9.20. The second-order valence-corrected chi connectivity index (χ2v) is 9.14. The van der Waals surface area contributed by atoms with Gasteiger partial charge in [-0.3, -0.25) is 9.80 Å². The van der Waals surface area contributed by atoms with Crippen molar-refractivity contribution >= 4 is 11.6 Å². The lowest BCUT2D eigenvalue weighted by Gasteiger charge is -2.38. The molecule has 1 amide bonds. The van der Waals surface area contributed by atoms with Crippen molar-refractivity contribution in [1.82, 2.24) is 20.5 Å². The first-order valence-electron chi connectivity index (χ1n) is 11.5. The van der Waals surface area contributed by atoms with Gasteiger partial charge in [0.1, 0.15) is 0 Å². The molecule has 2 fully saturated rings. The minimum absolute atomic E-state index is 0.0753. The van der Waals surface area contributed by atoms with Gasteiger partial charge in [-0.1, -0.05) is 17.7 Å². The summed E-state index contributed by atoms with van der Waals surface area (Å²) in [5.41, 5.74) is 3.78. The third kappa shape index (κ3) is 4.34. The Hall–Kier alpha value is -1.70. The Morgan fingerprint density at radius 2 is 2.17 bits per heavy atom. The first-order chi connectivity index (χ1) is 14.5. The topological polar surface area (TPSA) is 69.2 Å². The quantitative estimate of drug-likeness (QED) is 0.589. The fourth-order valence-electron chi connectivity index (χ4n) is 5.17. The normalized spacial score (nSPS) is 29.7. The summed E-state index contributed by atoms with van der Waals surface area (Å²) in [6.07, 6.45) is 7.86. The largest absolute Gasteiger partial charge is 0.385 e. The predicted molar refractivity (Wildman–Crippen MR) is 119 cm³/mol. The number of nitrogens with zero attached hydrogens (tertiary/aromatic N) is 3. The molecule has 2 aliphatic carbocycles. The monoisotopic (exact) mass is 415 g/mol. The van der Waals surface area contributed by atoms with E-state index in [-0.39, 0.29) is 24.0 Å². The van der Waals surface area contributed by atoms with Crippen LogP contribution >= 0.6 is 0 Å². The highest BCUT2D eigenvalue weighted by Gasteiger charge is 2.42. The van der Waals surface area contributed by atoms with Crippen LogP contribution in [0.4, 0.5) is 0 Å². The number of hydrogen-bond donors (Lipinski definition) is 2. The number of piperazine rings is 1. The molecule has 1 saturated heterocycles. The number of ether oxygens (including phenoxy) is 1. The molecule has 4 rings (SSSR count). The lowest BCUT2D eigenvalue weighted by molar-refractivity contribution is -0.135. The van der Waals surface area contributed by atoms with Crippen molar-refractivity contribution in [3.63, 3.8) is 0 Å². The molecule has 0 radical (unpaired) electrons. The van der Waals surface area contributed by atoms with Crippen LogP contribution in [0.25, 0.3) is 0 Å². The Morgan fingerprint density at radius 3 is 2.83 bits per heavy atom. The summed E-state index contributed by atoms with van der Waals surface area (Å²) in [5, 5.41) is 13.8. The van der Waals surface area contributed by atoms with Crippen molar-refractivity contribution in [3.05, 3.63) is 23.3 Å². The van der Waals surface area contributed by atoms with Crippen LogP contribution in [-0.2, 0) is 9.53 Å². The van der Waals surface area contributed by atoms with Gasteiger partial charge in [-0.2, -0.15) is 5.10 Å². The van der Waals surface area contributed by atoms with Gasteiger partial charge < -0.3 is 20.3 Å². The second-order valence-electron chi connectivity index (χ2n) is 9.14. The van der Waals surface area contributed by atoms with E-state index in [0.29, 0.717) is 18.5 Å². The lowest BCUT2D eigenvalue weighted by Crippen LogP contribution is -2.58. The van der Waals surface area contributed by atoms with Gasteiger partial charge in [-0.25, -0.2) is 0 Å². The molecule has 7 nitrogen and oxygen atoms in total. The maximum atomic E-state index is 13.4. The van der Waals surface area contributed by atoms with Gasteiger partial charge in [0, 0.05) is 57.6 Å². The summed E-state index contributed by atoms with van der Waals surface area (Å²) in [6.45, 7) is 10.7. The Labute approximate surface area is 180 Å². The highest BCUT2D eigenvalue weighted by atomic mass is 16.5. The number of carbonyl (C=O) groups is 1. The molecule has 2 heterocycles. The van der Waals surface area contributed by atoms with Crippen LogP contribution in [0.5, 0.6) is 0 Å². The van der Waals surface area contributed by atoms with E-state index in [4.69, 9.17) is 9.84 Å². The fourth-order valence-corrected chi connectivity index (χ4v) is 5.17. The van der Waals surface area contributed by atoms with Gasteiger partial charge in [0.2, 0.25) is 5.91 Å². The minimum atomic E-state index is -0.119. The molecular formula is C23H37N5O2. The molecule has 4 aliphatic rings. The summed E-state index contributed by atoms with van der Waals surface area (Å²) in [6, 6.07) is 0.579. The average Bonchev–Trinajstić information content (AvgIpc) is 3.52. The lowest BCUT2D eigenvalue weighted by atomic mass is 9.81. The molecule has 0 bridgehead atoms. The van der Waals surface area contributed by atoms with Crippen molar-refractivity contribution in [3.8, 4) is 0 Å². The molecule has 4 atom stereocenters. The van der Waals surface area contributed by atoms with E-state index in [1.54, 1.807) is 7.11 Å². The van der Waals surface area contributed by atoms with E-state index in [1.807, 2.05) is 0 Å². The van der Waals surface area contributed by atoms with Crippen LogP contribution in [0, 0.1) is 5.92 Å². The standard InChI is InChI=1S/C23H37N5O2/c1-15-12-18(13-21-22(15)16(2)26-27(21)10-5-11-30-4)17(3)28(19-6-7-19)23(29)20-14-24-8-9-25-20/h12-13,17,19-22,24-25H,5-11,14H2,1-4H3/t17?,20-,21?,22?/m1/s1. The third-order valence-corrected chi connectivity index (χ3v) is 6.84. The Bertz CT molecular complexity index is 736. The SMILES string of the molecule is COCCCN1N=C(C)C2C(C)=CC(C(C)N(C(=O)[C@H]3CNCCN3)C3CC3)=CC21. The van der Waals surface area contributed by atoms with E-state index < -0.39 is 0 Å². The van der Waals surface area contributed by atoms with Crippen LogP contribution in [0.15, 0.2) is 28.4 Å². The molecule has 0 aromatic rings. The Kier molecular flexibility index (Phi) is 6.60. The third-order valence-electron chi connectivity index (χ3n) is 6.84. The van der Waals surface area contributed by atoms with Gasteiger partial charge in [-0.15, -0.1) is 0 Å². The van der Waals surface area contributed by atoms with Crippen molar-refractivity contribution in [2.45, 2.75) is 64.2 Å². The summed E-state index contributed by atoms with van der Waals surface area (Å²) < 4.78 is 5.24. The molecule has 0 aromatic carbocycles. The summed E-state index contributed by atoms with van der Waals surface area (Å²) in [4.78, 5) is 15.5. The summed E-state index contributed by atoms with van der Waals surface area (Å²) in [5.74, 6) is 0.583. The van der Waals surface area contributed by atoms with Crippen molar-refractivity contribution in [2.75, 3.05) is 39.9 Å². The van der Waals surface area contributed by atoms with Gasteiger partial charge in [-0.05, 0) is 45.6 Å². The number of rotatable bonds is 8. The van der Waals surface area contributed by atoms with Crippen molar-refractivity contribution in [2.24, 2.45) is 11.0 Å². The van der Waals surface area contributed by atoms with Crippen LogP contribution in [-0.4, -0.2) is 85.6 Å². The highest BCUT2D eigenvalue weighted by molar-refractivity contribution is 5.90. The Balaban J connectivity index is 1.53. The number of nitrogens with one attached hydrogen (secondary N) is 2. The highest BCUT2D eigenvalue weighted by Crippen LogP contribution is 2.38. The number of carbonyl (C=O) groups excluding carboxylic acids is 1. The minimum Gasteiger partial charge on any atom is -0.385 e. The molecule has 0 spiro atoms. The zero-order valence-corrected chi connectivity index (χ0v) is 18.9. The van der Waals surface area contributed by atoms with Crippen LogP contribution in [0.2, 0.25) is 0 Å². The molecule has 2 N–H and O–H groups in total. The smallest absolute Gasteiger partial charge is 0.241 e. The maximum Gasteiger partial charge on any atom is 0.241 e. The first-order valence-corrected chi connectivity index (χ1v) is 11.5. The number of amides is 1. The Morgan fingerprint density at radius 1 is 1.37 bits per heavy atom. The van der Waals surface area contributed by atoms with Crippen molar-refractivity contribution < 1.29 is 9.53 Å². The van der Waals surface area contributed by atoms with Gasteiger partial charge in [0.15, 0.2) is 0 Å². The number of hydrazone groups is 1. The first kappa shape index (κ1) is 21.5. The molecule has 3 unspecified atom stereocenters. The van der Waals surface area contributed by atoms with E-state index in [0.717, 1.165) is 45.5 Å². The summed E-state index contributed by atoms with van der Waals surface area (Å²) in [7, 11) is 1.74. The molecule has 0 aromatic heterocycles. The van der Waals surface area contributed by atoms with E-state index in [2.05, 4.69) is 53.5 Å². The van der Waals surface area contributed by atoms with Crippen molar-refractivity contribution in [1.29, 1.82) is 0 Å². The number of fused-ring (bicyclic) bond motifs is 1. The molecule has 2 aliphatic heterocycles. The van der Waals surface area contributed by atoms with Crippen LogP contribution < -0.4 is 10.6 Å². The predicted octanol–water partition coefficient (Wildman–Crippen LogP) is 1.53. The van der Waals surface area contributed by atoms with Gasteiger partial charge >= 0.3 is 0 Å². The fraction of sp³-hybridized carbons (Fsp3) is 0.739. The van der Waals surface area contributed by atoms with E-state index in [1.165, 1.54) is 16.9 Å². The molecular weight excluding hydrogens is 378 g/mol. The summed E-state index contributed by atoms with van der Waals surface area (Å²) >= 11 is 0. The maximum absolute atomic E-state index is 13.4. The molecule has 30 heavy (non-hydrogen) atoms. The molecule has 7 heteroatoms.